The predicted molar refractivity (Wildman–Crippen MR) is 193 cm³/mol. The summed E-state index contributed by atoms with van der Waals surface area (Å²) in [6.45, 7) is 9.40. The number of aromatic nitrogens is 2. The van der Waals surface area contributed by atoms with Gasteiger partial charge in [0, 0.05) is 6.42 Å². The number of rotatable bonds is 35. The standard InChI is InChI=1S/C41H81N2/c1-4-7-10-13-16-19-21-23-26-29-32-35-38-43-40-39-42(37-34-31-28-25-18-15-12-9-6-3)41(43)36-33-30-27-24-22-20-17-14-11-8-5-2/h39-40H,4-38H2,1-3H3/q+1. The number of aryl methyl sites for hydroxylation is 2. The van der Waals surface area contributed by atoms with Crippen molar-refractivity contribution in [3.05, 3.63) is 18.2 Å². The summed E-state index contributed by atoms with van der Waals surface area (Å²) in [4.78, 5) is 0. The van der Waals surface area contributed by atoms with E-state index in [0.717, 1.165) is 0 Å². The van der Waals surface area contributed by atoms with E-state index in [1.807, 2.05) is 0 Å². The lowest BCUT2D eigenvalue weighted by molar-refractivity contribution is -0.704. The van der Waals surface area contributed by atoms with E-state index < -0.39 is 0 Å². The van der Waals surface area contributed by atoms with Crippen LogP contribution in [0.2, 0.25) is 0 Å². The highest BCUT2D eigenvalue weighted by Gasteiger charge is 2.16. The summed E-state index contributed by atoms with van der Waals surface area (Å²) in [5.41, 5.74) is 0. The molecule has 254 valence electrons. The van der Waals surface area contributed by atoms with Crippen molar-refractivity contribution in [2.24, 2.45) is 0 Å². The van der Waals surface area contributed by atoms with Crippen LogP contribution in [0.25, 0.3) is 0 Å². The van der Waals surface area contributed by atoms with Crippen molar-refractivity contribution in [3.63, 3.8) is 0 Å². The Kier molecular flexibility index (Phi) is 30.5. The molecule has 0 aliphatic rings. The molecule has 2 heteroatoms. The molecule has 43 heavy (non-hydrogen) atoms. The molecule has 1 aromatic heterocycles. The van der Waals surface area contributed by atoms with Crippen LogP contribution in [-0.2, 0) is 19.5 Å². The van der Waals surface area contributed by atoms with Crippen molar-refractivity contribution in [3.8, 4) is 0 Å². The Morgan fingerprint density at radius 3 is 1.12 bits per heavy atom. The molecular formula is C41H81N2+. The van der Waals surface area contributed by atoms with E-state index in [2.05, 4.69) is 42.3 Å². The molecule has 0 aromatic carbocycles. The van der Waals surface area contributed by atoms with Crippen LogP contribution in [0.1, 0.15) is 232 Å². The third-order valence-electron chi connectivity index (χ3n) is 9.85. The fourth-order valence-electron chi connectivity index (χ4n) is 6.86. The van der Waals surface area contributed by atoms with Crippen LogP contribution in [0.3, 0.4) is 0 Å². The molecule has 0 radical (unpaired) electrons. The van der Waals surface area contributed by atoms with E-state index in [9.17, 15) is 0 Å². The third-order valence-corrected chi connectivity index (χ3v) is 9.85. The molecule has 2 nitrogen and oxygen atoms in total. The highest BCUT2D eigenvalue weighted by molar-refractivity contribution is 4.84. The molecule has 0 saturated carbocycles. The van der Waals surface area contributed by atoms with Gasteiger partial charge in [-0.3, -0.25) is 0 Å². The second-order valence-electron chi connectivity index (χ2n) is 14.1. The van der Waals surface area contributed by atoms with Crippen molar-refractivity contribution in [1.82, 2.24) is 4.57 Å². The molecule has 0 spiro atoms. The van der Waals surface area contributed by atoms with Gasteiger partial charge in [-0.05, 0) is 32.1 Å². The SMILES string of the molecule is CCCCCCCCCCCCCC[n+]1ccn(CCCCCCCCCCC)c1CCCCCCCCCCCCC. The molecule has 0 amide bonds. The summed E-state index contributed by atoms with van der Waals surface area (Å²) in [7, 11) is 0. The minimum absolute atomic E-state index is 1.23. The molecule has 0 atom stereocenters. The topological polar surface area (TPSA) is 8.81 Å². The number of hydrogen-bond donors (Lipinski definition) is 0. The molecule has 1 rings (SSSR count). The van der Waals surface area contributed by atoms with Gasteiger partial charge in [0.15, 0.2) is 0 Å². The number of nitrogens with zero attached hydrogens (tertiary/aromatic N) is 2. The first-order valence-electron chi connectivity index (χ1n) is 20.4. The van der Waals surface area contributed by atoms with E-state index in [-0.39, 0.29) is 0 Å². The van der Waals surface area contributed by atoms with Crippen LogP contribution >= 0.6 is 0 Å². The Bertz CT molecular complexity index is 663. The van der Waals surface area contributed by atoms with Gasteiger partial charge in [-0.2, -0.15) is 0 Å². The molecule has 1 aromatic rings. The van der Waals surface area contributed by atoms with Gasteiger partial charge in [0.2, 0.25) is 0 Å². The highest BCUT2D eigenvalue weighted by Crippen LogP contribution is 2.15. The molecule has 0 N–H and O–H groups in total. The molecular weight excluding hydrogens is 520 g/mol. The average molecular weight is 602 g/mol. The third kappa shape index (κ3) is 25.1. The van der Waals surface area contributed by atoms with E-state index in [1.54, 1.807) is 5.82 Å². The van der Waals surface area contributed by atoms with Crippen LogP contribution in [0.4, 0.5) is 0 Å². The summed E-state index contributed by atoms with van der Waals surface area (Å²) < 4.78 is 5.28. The van der Waals surface area contributed by atoms with Crippen LogP contribution in [0, 0.1) is 0 Å². The fourth-order valence-corrected chi connectivity index (χ4v) is 6.86. The Morgan fingerprint density at radius 2 is 0.721 bits per heavy atom. The summed E-state index contributed by atoms with van der Waals surface area (Å²) in [6.07, 6.45) is 51.9. The minimum atomic E-state index is 1.23. The number of unbranched alkanes of at least 4 members (excludes halogenated alkanes) is 29. The van der Waals surface area contributed by atoms with Crippen LogP contribution in [0.5, 0.6) is 0 Å². The van der Waals surface area contributed by atoms with Crippen molar-refractivity contribution in [2.45, 2.75) is 246 Å². The zero-order chi connectivity index (χ0) is 30.9. The highest BCUT2D eigenvalue weighted by atomic mass is 15.1. The first-order chi connectivity index (χ1) is 21.3. The number of hydrogen-bond acceptors (Lipinski definition) is 0. The zero-order valence-corrected chi connectivity index (χ0v) is 30.3. The van der Waals surface area contributed by atoms with Crippen molar-refractivity contribution >= 4 is 0 Å². The van der Waals surface area contributed by atoms with E-state index in [0.29, 0.717) is 0 Å². The molecule has 0 fully saturated rings. The lowest BCUT2D eigenvalue weighted by Gasteiger charge is -2.07. The summed E-state index contributed by atoms with van der Waals surface area (Å²) in [5, 5.41) is 0. The minimum Gasteiger partial charge on any atom is -0.234 e. The zero-order valence-electron chi connectivity index (χ0n) is 30.3. The maximum absolute atomic E-state index is 2.64. The Labute approximate surface area is 272 Å². The lowest BCUT2D eigenvalue weighted by atomic mass is 10.0. The Hall–Kier alpha value is -0.790. The van der Waals surface area contributed by atoms with E-state index >= 15 is 0 Å². The molecule has 0 saturated heterocycles. The first-order valence-corrected chi connectivity index (χ1v) is 20.4. The Balaban J connectivity index is 2.30. The first kappa shape index (κ1) is 40.2. The number of imidazole rings is 1. The maximum atomic E-state index is 2.64. The van der Waals surface area contributed by atoms with Gasteiger partial charge in [-0.15, -0.1) is 0 Å². The fraction of sp³-hybridized carbons (Fsp3) is 0.927. The maximum Gasteiger partial charge on any atom is 0.256 e. The predicted octanol–water partition coefficient (Wildman–Crippen LogP) is 13.9. The smallest absolute Gasteiger partial charge is 0.234 e. The summed E-state index contributed by atoms with van der Waals surface area (Å²) in [5.74, 6) is 1.62. The lowest BCUT2D eigenvalue weighted by Crippen LogP contribution is -2.37. The summed E-state index contributed by atoms with van der Waals surface area (Å²) in [6, 6.07) is 0. The van der Waals surface area contributed by atoms with E-state index in [1.165, 1.54) is 225 Å². The molecule has 0 bridgehead atoms. The molecule has 0 unspecified atom stereocenters. The molecule has 0 aliphatic heterocycles. The van der Waals surface area contributed by atoms with Gasteiger partial charge < -0.3 is 0 Å². The second-order valence-corrected chi connectivity index (χ2v) is 14.1. The Morgan fingerprint density at radius 1 is 0.395 bits per heavy atom. The quantitative estimate of drug-likeness (QED) is 0.0540. The van der Waals surface area contributed by atoms with Crippen LogP contribution in [-0.4, -0.2) is 4.57 Å². The molecule has 0 aliphatic carbocycles. The van der Waals surface area contributed by atoms with Crippen molar-refractivity contribution in [2.75, 3.05) is 0 Å². The average Bonchev–Trinajstić information content (AvgIpc) is 3.40. The normalized spacial score (nSPS) is 11.6. The molecule has 1 heterocycles. The monoisotopic (exact) mass is 602 g/mol. The van der Waals surface area contributed by atoms with Crippen LogP contribution in [0.15, 0.2) is 12.4 Å². The van der Waals surface area contributed by atoms with Crippen molar-refractivity contribution in [1.29, 1.82) is 0 Å². The van der Waals surface area contributed by atoms with Gasteiger partial charge in [0.05, 0.1) is 13.1 Å². The largest absolute Gasteiger partial charge is 0.256 e. The van der Waals surface area contributed by atoms with Gasteiger partial charge in [0.1, 0.15) is 12.4 Å². The van der Waals surface area contributed by atoms with E-state index in [4.69, 9.17) is 0 Å². The van der Waals surface area contributed by atoms with Gasteiger partial charge >= 0.3 is 0 Å². The van der Waals surface area contributed by atoms with Gasteiger partial charge in [-0.1, -0.05) is 194 Å². The summed E-state index contributed by atoms with van der Waals surface area (Å²) >= 11 is 0. The van der Waals surface area contributed by atoms with Gasteiger partial charge in [-0.25, -0.2) is 9.13 Å². The van der Waals surface area contributed by atoms with Crippen molar-refractivity contribution < 1.29 is 4.57 Å². The van der Waals surface area contributed by atoms with Gasteiger partial charge in [0.25, 0.3) is 5.82 Å². The van der Waals surface area contributed by atoms with Crippen LogP contribution < -0.4 is 4.57 Å². The second kappa shape index (κ2) is 32.6.